The largest absolute Gasteiger partial charge is 0.493 e. The second-order valence-corrected chi connectivity index (χ2v) is 7.89. The molecule has 3 N–H and O–H groups in total. The van der Waals surface area contributed by atoms with Crippen LogP contribution in [-0.2, 0) is 4.74 Å². The van der Waals surface area contributed by atoms with Gasteiger partial charge in [-0.25, -0.2) is 4.79 Å². The van der Waals surface area contributed by atoms with E-state index in [1.165, 1.54) is 0 Å². The molecule has 1 aromatic rings. The summed E-state index contributed by atoms with van der Waals surface area (Å²) in [6, 6.07) is 7.53. The molecule has 146 valence electrons. The number of nitrogens with two attached hydrogens (primary N) is 1. The molecule has 0 bridgehead atoms. The second kappa shape index (κ2) is 9.24. The Hall–Kier alpha value is -1.79. The van der Waals surface area contributed by atoms with E-state index in [1.807, 2.05) is 45.0 Å². The minimum atomic E-state index is -0.555. The molecule has 0 aliphatic carbocycles. The number of carbonyl (C=O) groups is 1. The summed E-state index contributed by atoms with van der Waals surface area (Å²) in [6.45, 7) is 8.08. The predicted molar refractivity (Wildman–Crippen MR) is 101 cm³/mol. The summed E-state index contributed by atoms with van der Waals surface area (Å²) in [5.74, 6) is 1.17. The number of piperidine rings is 1. The fourth-order valence-electron chi connectivity index (χ4n) is 2.96. The van der Waals surface area contributed by atoms with Gasteiger partial charge in [-0.2, -0.15) is 0 Å². The standard InChI is InChI=1S/C20H32N2O4/c1-20(2,3)26-19(24)22-11-8-15(9-12-22)14-25-17-6-4-5-16(13-17)18(23)7-10-21/h4-6,13,15,18,23H,7-12,14,21H2,1-3H3/t18-/m1/s1. The Labute approximate surface area is 156 Å². The van der Waals surface area contributed by atoms with Gasteiger partial charge in [-0.3, -0.25) is 0 Å². The number of rotatable bonds is 6. The number of nitrogens with zero attached hydrogens (tertiary/aromatic N) is 1. The van der Waals surface area contributed by atoms with E-state index >= 15 is 0 Å². The van der Waals surface area contributed by atoms with Crippen molar-refractivity contribution in [2.45, 2.75) is 51.7 Å². The summed E-state index contributed by atoms with van der Waals surface area (Å²) in [5.41, 5.74) is 5.86. The molecule has 0 unspecified atom stereocenters. The number of ether oxygens (including phenoxy) is 2. The number of benzene rings is 1. The molecule has 6 heteroatoms. The van der Waals surface area contributed by atoms with E-state index in [4.69, 9.17) is 15.2 Å². The third kappa shape index (κ3) is 6.50. The Balaban J connectivity index is 1.78. The molecule has 1 atom stereocenters. The molecule has 6 nitrogen and oxygen atoms in total. The van der Waals surface area contributed by atoms with Crippen molar-refractivity contribution in [1.82, 2.24) is 4.90 Å². The van der Waals surface area contributed by atoms with Crippen molar-refractivity contribution < 1.29 is 19.4 Å². The highest BCUT2D eigenvalue weighted by Gasteiger charge is 2.27. The molecule has 1 aromatic carbocycles. The van der Waals surface area contributed by atoms with Gasteiger partial charge in [-0.1, -0.05) is 12.1 Å². The van der Waals surface area contributed by atoms with Crippen LogP contribution in [0.4, 0.5) is 4.79 Å². The van der Waals surface area contributed by atoms with Crippen molar-refractivity contribution in [2.24, 2.45) is 11.7 Å². The van der Waals surface area contributed by atoms with E-state index in [0.717, 1.165) is 24.2 Å². The molecule has 0 aromatic heterocycles. The molecule has 1 fully saturated rings. The highest BCUT2D eigenvalue weighted by molar-refractivity contribution is 5.68. The number of hydrogen-bond donors (Lipinski definition) is 2. The van der Waals surface area contributed by atoms with Gasteiger partial charge in [0.25, 0.3) is 0 Å². The zero-order valence-electron chi connectivity index (χ0n) is 16.1. The van der Waals surface area contributed by atoms with Gasteiger partial charge >= 0.3 is 6.09 Å². The SMILES string of the molecule is CC(C)(C)OC(=O)N1CCC(COc2cccc([C@H](O)CCN)c2)CC1. The summed E-state index contributed by atoms with van der Waals surface area (Å²) in [5, 5.41) is 10.0. The van der Waals surface area contributed by atoms with Crippen LogP contribution < -0.4 is 10.5 Å². The summed E-state index contributed by atoms with van der Waals surface area (Å²) in [4.78, 5) is 13.9. The van der Waals surface area contributed by atoms with Gasteiger partial charge in [0, 0.05) is 13.1 Å². The second-order valence-electron chi connectivity index (χ2n) is 7.89. The van der Waals surface area contributed by atoms with Crippen LogP contribution in [-0.4, -0.2) is 47.9 Å². The van der Waals surface area contributed by atoms with E-state index in [1.54, 1.807) is 4.90 Å². The summed E-state index contributed by atoms with van der Waals surface area (Å²) in [7, 11) is 0. The van der Waals surface area contributed by atoms with Crippen molar-refractivity contribution in [1.29, 1.82) is 0 Å². The average Bonchev–Trinajstić information content (AvgIpc) is 2.59. The summed E-state index contributed by atoms with van der Waals surface area (Å²) in [6.07, 6.45) is 1.54. The Morgan fingerprint density at radius 2 is 2.04 bits per heavy atom. The Bertz CT molecular complexity index is 577. The van der Waals surface area contributed by atoms with Gasteiger partial charge in [-0.15, -0.1) is 0 Å². The molecule has 0 saturated carbocycles. The Morgan fingerprint density at radius 3 is 2.65 bits per heavy atom. The van der Waals surface area contributed by atoms with E-state index < -0.39 is 11.7 Å². The van der Waals surface area contributed by atoms with Gasteiger partial charge in [0.1, 0.15) is 11.4 Å². The molecule has 1 saturated heterocycles. The molecule has 1 heterocycles. The van der Waals surface area contributed by atoms with Crippen LogP contribution in [0.3, 0.4) is 0 Å². The van der Waals surface area contributed by atoms with Crippen molar-refractivity contribution in [2.75, 3.05) is 26.2 Å². The number of hydrogen-bond acceptors (Lipinski definition) is 5. The van der Waals surface area contributed by atoms with Crippen molar-refractivity contribution in [3.8, 4) is 5.75 Å². The minimum absolute atomic E-state index is 0.238. The Kier molecular flexibility index (Phi) is 7.29. The topological polar surface area (TPSA) is 85.0 Å². The van der Waals surface area contributed by atoms with Crippen LogP contribution in [0.15, 0.2) is 24.3 Å². The van der Waals surface area contributed by atoms with Gasteiger partial charge in [0.15, 0.2) is 0 Å². The zero-order chi connectivity index (χ0) is 19.2. The third-order valence-electron chi connectivity index (χ3n) is 4.43. The van der Waals surface area contributed by atoms with E-state index in [0.29, 0.717) is 38.6 Å². The first-order valence-electron chi connectivity index (χ1n) is 9.37. The maximum atomic E-state index is 12.1. The molecule has 26 heavy (non-hydrogen) atoms. The maximum absolute atomic E-state index is 12.1. The lowest BCUT2D eigenvalue weighted by molar-refractivity contribution is 0.0165. The van der Waals surface area contributed by atoms with Crippen LogP contribution in [0, 0.1) is 5.92 Å². The number of aliphatic hydroxyl groups is 1. The predicted octanol–water partition coefficient (Wildman–Crippen LogP) is 3.09. The number of amides is 1. The first-order valence-corrected chi connectivity index (χ1v) is 9.37. The first-order chi connectivity index (χ1) is 12.3. The molecule has 1 amide bonds. The van der Waals surface area contributed by atoms with Crippen LogP contribution in [0.5, 0.6) is 5.75 Å². The van der Waals surface area contributed by atoms with Crippen molar-refractivity contribution in [3.05, 3.63) is 29.8 Å². The molecule has 1 aliphatic rings. The monoisotopic (exact) mass is 364 g/mol. The van der Waals surface area contributed by atoms with E-state index in [9.17, 15) is 9.90 Å². The average molecular weight is 364 g/mol. The molecule has 2 rings (SSSR count). The minimum Gasteiger partial charge on any atom is -0.493 e. The maximum Gasteiger partial charge on any atom is 0.410 e. The van der Waals surface area contributed by atoms with Gasteiger partial charge in [-0.05, 0) is 70.2 Å². The smallest absolute Gasteiger partial charge is 0.410 e. The Morgan fingerprint density at radius 1 is 1.35 bits per heavy atom. The molecular formula is C20H32N2O4. The summed E-state index contributed by atoms with van der Waals surface area (Å²) < 4.78 is 11.3. The fraction of sp³-hybridized carbons (Fsp3) is 0.650. The van der Waals surface area contributed by atoms with Crippen molar-refractivity contribution in [3.63, 3.8) is 0 Å². The fourth-order valence-corrected chi connectivity index (χ4v) is 2.96. The molecule has 0 radical (unpaired) electrons. The molecule has 0 spiro atoms. The zero-order valence-corrected chi connectivity index (χ0v) is 16.1. The molecule has 1 aliphatic heterocycles. The molecular weight excluding hydrogens is 332 g/mol. The first kappa shape index (κ1) is 20.5. The lowest BCUT2D eigenvalue weighted by atomic mass is 9.98. The lowest BCUT2D eigenvalue weighted by Crippen LogP contribution is -2.42. The van der Waals surface area contributed by atoms with Crippen LogP contribution in [0.1, 0.15) is 51.7 Å². The number of aliphatic hydroxyl groups excluding tert-OH is 1. The van der Waals surface area contributed by atoms with Gasteiger partial charge in [0.2, 0.25) is 0 Å². The normalized spacial score (nSPS) is 17.0. The van der Waals surface area contributed by atoms with Gasteiger partial charge < -0.3 is 25.2 Å². The third-order valence-corrected chi connectivity index (χ3v) is 4.43. The van der Waals surface area contributed by atoms with Crippen LogP contribution in [0.25, 0.3) is 0 Å². The van der Waals surface area contributed by atoms with Crippen LogP contribution >= 0.6 is 0 Å². The highest BCUT2D eigenvalue weighted by Crippen LogP contribution is 2.24. The van der Waals surface area contributed by atoms with Gasteiger partial charge in [0.05, 0.1) is 12.7 Å². The number of likely N-dealkylation sites (tertiary alicyclic amines) is 1. The highest BCUT2D eigenvalue weighted by atomic mass is 16.6. The summed E-state index contributed by atoms with van der Waals surface area (Å²) >= 11 is 0. The lowest BCUT2D eigenvalue weighted by Gasteiger charge is -2.33. The quantitative estimate of drug-likeness (QED) is 0.810. The number of carbonyl (C=O) groups excluding carboxylic acids is 1. The van der Waals surface area contributed by atoms with E-state index in [-0.39, 0.29) is 6.09 Å². The van der Waals surface area contributed by atoms with Crippen LogP contribution in [0.2, 0.25) is 0 Å². The van der Waals surface area contributed by atoms with E-state index in [2.05, 4.69) is 0 Å². The van der Waals surface area contributed by atoms with Crippen molar-refractivity contribution >= 4 is 6.09 Å².